The molecule has 162 valence electrons. The summed E-state index contributed by atoms with van der Waals surface area (Å²) in [5.74, 6) is 0.939. The average Bonchev–Trinajstić information content (AvgIpc) is 2.79. The smallest absolute Gasteiger partial charge is 0.127 e. The Labute approximate surface area is 177 Å². The zero-order valence-corrected chi connectivity index (χ0v) is 18.3. The number of nitrogens with one attached hydrogen (secondary N) is 1. The van der Waals surface area contributed by atoms with Gasteiger partial charge in [0.15, 0.2) is 0 Å². The number of aliphatic hydroxyl groups excluding tert-OH is 1. The minimum absolute atomic E-state index is 0.0257. The highest BCUT2D eigenvalue weighted by Gasteiger charge is 2.35. The molecule has 2 N–H and O–H groups in total. The van der Waals surface area contributed by atoms with Crippen molar-refractivity contribution in [2.24, 2.45) is 11.8 Å². The predicted molar refractivity (Wildman–Crippen MR) is 121 cm³/mol. The maximum absolute atomic E-state index is 11.1. The minimum Gasteiger partial charge on any atom is -0.495 e. The molecule has 2 fully saturated rings. The van der Waals surface area contributed by atoms with Crippen LogP contribution in [-0.4, -0.2) is 23.4 Å². The summed E-state index contributed by atoms with van der Waals surface area (Å²) in [6.45, 7) is 3.10. The number of aliphatic hydroxyl groups is 1. The van der Waals surface area contributed by atoms with Crippen molar-refractivity contribution in [3.63, 3.8) is 0 Å². The van der Waals surface area contributed by atoms with Crippen molar-refractivity contribution in [1.29, 1.82) is 0 Å². The van der Waals surface area contributed by atoms with E-state index >= 15 is 0 Å². The van der Waals surface area contributed by atoms with Gasteiger partial charge in [0.25, 0.3) is 0 Å². The normalized spacial score (nSPS) is 22.4. The lowest BCUT2D eigenvalue weighted by Crippen LogP contribution is -2.41. The molecular weight excluding hydrogens is 358 g/mol. The summed E-state index contributed by atoms with van der Waals surface area (Å²) in [7, 11) is 0. The van der Waals surface area contributed by atoms with E-state index in [0.29, 0.717) is 17.9 Å². The molecule has 1 aromatic rings. The lowest BCUT2D eigenvalue weighted by molar-refractivity contribution is -0.0690. The van der Waals surface area contributed by atoms with Crippen LogP contribution in [-0.2, 0) is 11.3 Å². The maximum atomic E-state index is 11.1. The summed E-state index contributed by atoms with van der Waals surface area (Å²) in [4.78, 5) is 0. The second kappa shape index (κ2) is 12.4. The fraction of sp³-hybridized carbons (Fsp3) is 0.692. The van der Waals surface area contributed by atoms with E-state index in [1.54, 1.807) is 0 Å². The Morgan fingerprint density at radius 3 is 2.24 bits per heavy atom. The third kappa shape index (κ3) is 7.46. The van der Waals surface area contributed by atoms with Gasteiger partial charge in [-0.15, -0.1) is 0 Å². The van der Waals surface area contributed by atoms with Crippen LogP contribution in [0.25, 0.3) is 0 Å². The molecule has 0 spiro atoms. The topological polar surface area (TPSA) is 41.5 Å². The first kappa shape index (κ1) is 22.4. The zero-order chi connectivity index (χ0) is 20.3. The van der Waals surface area contributed by atoms with Gasteiger partial charge in [0.1, 0.15) is 6.10 Å². The van der Waals surface area contributed by atoms with Gasteiger partial charge in [0.2, 0.25) is 0 Å². The lowest BCUT2D eigenvalue weighted by atomic mass is 9.76. The summed E-state index contributed by atoms with van der Waals surface area (Å²) in [5.41, 5.74) is 1.31. The van der Waals surface area contributed by atoms with Crippen molar-refractivity contribution < 1.29 is 9.84 Å². The molecule has 3 rings (SSSR count). The second-order valence-corrected chi connectivity index (χ2v) is 9.26. The van der Waals surface area contributed by atoms with Crippen molar-refractivity contribution in [2.45, 2.75) is 102 Å². The van der Waals surface area contributed by atoms with E-state index in [1.165, 1.54) is 56.9 Å². The number of hydrogen-bond donors (Lipinski definition) is 2. The molecule has 2 aliphatic rings. The van der Waals surface area contributed by atoms with Crippen LogP contribution in [0.5, 0.6) is 0 Å². The quantitative estimate of drug-likeness (QED) is 0.476. The van der Waals surface area contributed by atoms with Crippen LogP contribution in [0.3, 0.4) is 0 Å². The van der Waals surface area contributed by atoms with Gasteiger partial charge in [-0.2, -0.15) is 0 Å². The van der Waals surface area contributed by atoms with Crippen LogP contribution in [0.4, 0.5) is 0 Å². The van der Waals surface area contributed by atoms with E-state index in [2.05, 4.69) is 48.6 Å². The van der Waals surface area contributed by atoms with Crippen LogP contribution < -0.4 is 5.32 Å². The first-order valence-corrected chi connectivity index (χ1v) is 12.0. The largest absolute Gasteiger partial charge is 0.495 e. The molecule has 0 radical (unpaired) electrons. The molecule has 0 aromatic heterocycles. The summed E-state index contributed by atoms with van der Waals surface area (Å²) >= 11 is 0. The Balaban J connectivity index is 1.47. The molecule has 29 heavy (non-hydrogen) atoms. The molecule has 0 bridgehead atoms. The van der Waals surface area contributed by atoms with Gasteiger partial charge in [0, 0.05) is 12.6 Å². The summed E-state index contributed by atoms with van der Waals surface area (Å²) in [6, 6.07) is 10.9. The minimum atomic E-state index is -0.309. The van der Waals surface area contributed by atoms with Crippen LogP contribution >= 0.6 is 0 Å². The summed E-state index contributed by atoms with van der Waals surface area (Å²) < 4.78 is 6.25. The highest BCUT2D eigenvalue weighted by Crippen LogP contribution is 2.35. The van der Waals surface area contributed by atoms with Gasteiger partial charge in [-0.05, 0) is 62.5 Å². The molecule has 0 amide bonds. The maximum Gasteiger partial charge on any atom is 0.127 e. The summed E-state index contributed by atoms with van der Waals surface area (Å²) in [6.07, 6.45) is 17.1. The molecule has 2 saturated carbocycles. The van der Waals surface area contributed by atoms with Gasteiger partial charge in [0.05, 0.1) is 12.4 Å². The van der Waals surface area contributed by atoms with E-state index in [1.807, 2.05) is 6.26 Å². The molecule has 0 unspecified atom stereocenters. The Bertz CT molecular complexity index is 576. The highest BCUT2D eigenvalue weighted by atomic mass is 16.5. The third-order valence-electron chi connectivity index (χ3n) is 6.90. The molecule has 0 heterocycles. The van der Waals surface area contributed by atoms with E-state index in [-0.39, 0.29) is 12.2 Å². The molecule has 0 saturated heterocycles. The van der Waals surface area contributed by atoms with E-state index in [9.17, 15) is 5.11 Å². The number of hydrogen-bond acceptors (Lipinski definition) is 3. The van der Waals surface area contributed by atoms with Crippen molar-refractivity contribution in [3.8, 4) is 0 Å². The Morgan fingerprint density at radius 2 is 1.59 bits per heavy atom. The lowest BCUT2D eigenvalue weighted by Gasteiger charge is -2.37. The second-order valence-electron chi connectivity index (χ2n) is 9.26. The predicted octanol–water partition coefficient (Wildman–Crippen LogP) is 5.98. The van der Waals surface area contributed by atoms with E-state index in [4.69, 9.17) is 4.74 Å². The van der Waals surface area contributed by atoms with Gasteiger partial charge in [-0.25, -0.2) is 0 Å². The van der Waals surface area contributed by atoms with Crippen LogP contribution in [0.15, 0.2) is 42.7 Å². The summed E-state index contributed by atoms with van der Waals surface area (Å²) in [5, 5.41) is 14.7. The van der Waals surface area contributed by atoms with E-state index < -0.39 is 0 Å². The Kier molecular flexibility index (Phi) is 9.56. The molecule has 3 heteroatoms. The molecule has 2 aliphatic carbocycles. The Morgan fingerprint density at radius 1 is 0.966 bits per heavy atom. The van der Waals surface area contributed by atoms with Crippen LogP contribution in [0.1, 0.15) is 83.1 Å². The molecule has 1 aromatic carbocycles. The van der Waals surface area contributed by atoms with Gasteiger partial charge in [-0.3, -0.25) is 0 Å². The SMILES string of the molecule is C[C@H](C/C=C/O[C@H](C1CCCCC1)[C@H](O)C1CCCCC1)NCc1ccccc1. The standard InChI is InChI=1S/C26H41NO2/c1-21(27-20-22-13-5-2-6-14-22)12-11-19-29-26(24-17-9-4-10-18-24)25(28)23-15-7-3-8-16-23/h2,5-6,11,13-14,19,21,23-28H,3-4,7-10,12,15-18,20H2,1H3/b19-11+/t21-,25-,26-/m1/s1. The first-order valence-electron chi connectivity index (χ1n) is 12.0. The Hall–Kier alpha value is -1.32. The van der Waals surface area contributed by atoms with Crippen molar-refractivity contribution in [2.75, 3.05) is 0 Å². The molecular formula is C26H41NO2. The average molecular weight is 400 g/mol. The zero-order valence-electron chi connectivity index (χ0n) is 18.3. The third-order valence-corrected chi connectivity index (χ3v) is 6.90. The van der Waals surface area contributed by atoms with E-state index in [0.717, 1.165) is 25.8 Å². The van der Waals surface area contributed by atoms with Gasteiger partial charge < -0.3 is 15.2 Å². The highest BCUT2D eigenvalue weighted by molar-refractivity contribution is 5.14. The molecule has 3 atom stereocenters. The molecule has 3 nitrogen and oxygen atoms in total. The van der Waals surface area contributed by atoms with Crippen LogP contribution in [0.2, 0.25) is 0 Å². The number of ether oxygens (including phenoxy) is 1. The van der Waals surface area contributed by atoms with Gasteiger partial charge >= 0.3 is 0 Å². The fourth-order valence-electron chi connectivity index (χ4n) is 5.05. The van der Waals surface area contributed by atoms with Crippen molar-refractivity contribution in [1.82, 2.24) is 5.32 Å². The molecule has 0 aliphatic heterocycles. The van der Waals surface area contributed by atoms with Gasteiger partial charge in [-0.1, -0.05) is 68.9 Å². The van der Waals surface area contributed by atoms with Crippen molar-refractivity contribution >= 4 is 0 Å². The number of rotatable bonds is 10. The fourth-order valence-corrected chi connectivity index (χ4v) is 5.05. The number of benzene rings is 1. The first-order chi connectivity index (χ1) is 14.2. The van der Waals surface area contributed by atoms with Crippen LogP contribution in [0, 0.1) is 11.8 Å². The van der Waals surface area contributed by atoms with Crippen molar-refractivity contribution in [3.05, 3.63) is 48.2 Å². The monoisotopic (exact) mass is 399 g/mol.